The highest BCUT2D eigenvalue weighted by atomic mass is 32.2. The first kappa shape index (κ1) is 20.6. The fraction of sp³-hybridized carbons (Fsp3) is 0.700. The third kappa shape index (κ3) is 4.91. The molecule has 0 spiro atoms. The molecule has 1 saturated heterocycles. The molecule has 1 fully saturated rings. The number of aliphatic hydroxyl groups is 2. The van der Waals surface area contributed by atoms with Gasteiger partial charge < -0.3 is 20.6 Å². The van der Waals surface area contributed by atoms with Crippen molar-refractivity contribution in [1.82, 2.24) is 5.32 Å². The fourth-order valence-corrected chi connectivity index (χ4v) is 4.35. The number of aromatic hydroxyl groups is 1. The minimum absolute atomic E-state index is 0.0299. The number of benzene rings is 1. The number of phenols is 1. The van der Waals surface area contributed by atoms with E-state index >= 15 is 0 Å². The highest BCUT2D eigenvalue weighted by Gasteiger charge is 2.39. The lowest BCUT2D eigenvalue weighted by Gasteiger charge is -2.29. The largest absolute Gasteiger partial charge is 0.508 e. The minimum atomic E-state index is -1.64. The highest BCUT2D eigenvalue weighted by Crippen LogP contribution is 2.39. The number of phenolic OH excluding ortho intramolecular Hbond substituents is 1. The van der Waals surface area contributed by atoms with Crippen molar-refractivity contribution in [2.45, 2.75) is 70.5 Å². The summed E-state index contributed by atoms with van der Waals surface area (Å²) in [5, 5.41) is 32.2. The molecule has 4 N–H and O–H groups in total. The summed E-state index contributed by atoms with van der Waals surface area (Å²) in [6.07, 6.45) is 0.783. The van der Waals surface area contributed by atoms with E-state index in [0.29, 0.717) is 18.8 Å². The molecule has 25 heavy (non-hydrogen) atoms. The second-order valence-electron chi connectivity index (χ2n) is 9.15. The maximum atomic E-state index is 10.7. The molecular formula is C20H33NO3S. The van der Waals surface area contributed by atoms with Gasteiger partial charge >= 0.3 is 0 Å². The quantitative estimate of drug-likeness (QED) is 0.613. The summed E-state index contributed by atoms with van der Waals surface area (Å²) in [5.74, 6) is 0.884. The summed E-state index contributed by atoms with van der Waals surface area (Å²) in [4.78, 5) is 0. The van der Waals surface area contributed by atoms with E-state index in [1.54, 1.807) is 0 Å². The summed E-state index contributed by atoms with van der Waals surface area (Å²) >= 11 is 1.19. The molecule has 1 aliphatic heterocycles. The third-order valence-electron chi connectivity index (χ3n) is 4.91. The van der Waals surface area contributed by atoms with Gasteiger partial charge in [-0.1, -0.05) is 59.4 Å². The molecule has 0 aromatic heterocycles. The van der Waals surface area contributed by atoms with Gasteiger partial charge in [0.15, 0.2) is 0 Å². The Labute approximate surface area is 156 Å². The molecule has 1 aliphatic rings. The third-order valence-corrected chi connectivity index (χ3v) is 6.10. The number of thioether (sulfide) groups is 1. The molecule has 0 aliphatic carbocycles. The smallest absolute Gasteiger partial charge is 0.217 e. The average molecular weight is 368 g/mol. The molecule has 1 unspecified atom stereocenters. The Morgan fingerprint density at radius 1 is 1.12 bits per heavy atom. The van der Waals surface area contributed by atoms with Crippen LogP contribution in [0, 0.1) is 5.92 Å². The van der Waals surface area contributed by atoms with Crippen LogP contribution in [0.5, 0.6) is 5.75 Å². The van der Waals surface area contributed by atoms with Gasteiger partial charge in [-0.3, -0.25) is 0 Å². The minimum Gasteiger partial charge on any atom is -0.508 e. The van der Waals surface area contributed by atoms with Crippen molar-refractivity contribution in [1.29, 1.82) is 0 Å². The van der Waals surface area contributed by atoms with Crippen LogP contribution in [0.15, 0.2) is 12.1 Å². The normalized spacial score (nSPS) is 20.9. The van der Waals surface area contributed by atoms with Crippen LogP contribution in [0.25, 0.3) is 0 Å². The molecule has 1 heterocycles. The average Bonchev–Trinajstić information content (AvgIpc) is 2.77. The van der Waals surface area contributed by atoms with Crippen LogP contribution >= 0.6 is 11.8 Å². The number of hydrogen-bond acceptors (Lipinski definition) is 5. The van der Waals surface area contributed by atoms with Crippen LogP contribution in [-0.2, 0) is 17.4 Å². The lowest BCUT2D eigenvalue weighted by molar-refractivity contribution is -0.112. The standard InChI is InChI=1S/C20H33NO3S/c1-18(2,3)14-9-16(19(4,5)6)15(17(22)10-14)12-21-11-13-7-8-25-20(13,23)24/h9-10,13,21-24H,7-8,11-12H2,1-6H3. The van der Waals surface area contributed by atoms with Crippen LogP contribution in [-0.4, -0.2) is 32.7 Å². The summed E-state index contributed by atoms with van der Waals surface area (Å²) in [6, 6.07) is 4.06. The lowest BCUT2D eigenvalue weighted by atomic mass is 9.78. The second-order valence-corrected chi connectivity index (χ2v) is 10.4. The zero-order chi connectivity index (χ0) is 19.0. The topological polar surface area (TPSA) is 72.7 Å². The van der Waals surface area contributed by atoms with Crippen LogP contribution in [0.3, 0.4) is 0 Å². The van der Waals surface area contributed by atoms with E-state index in [1.807, 2.05) is 6.07 Å². The summed E-state index contributed by atoms with van der Waals surface area (Å²) < 4.78 is 0. The van der Waals surface area contributed by atoms with Gasteiger partial charge in [-0.15, -0.1) is 0 Å². The number of nitrogens with one attached hydrogen (secondary N) is 1. The predicted octanol–water partition coefficient (Wildman–Crippen LogP) is 3.47. The van der Waals surface area contributed by atoms with Crippen molar-refractivity contribution >= 4 is 11.8 Å². The molecule has 0 saturated carbocycles. The van der Waals surface area contributed by atoms with Gasteiger partial charge in [0.1, 0.15) is 5.75 Å². The number of rotatable bonds is 4. The van der Waals surface area contributed by atoms with Gasteiger partial charge in [-0.05, 0) is 40.2 Å². The molecule has 1 aromatic carbocycles. The van der Waals surface area contributed by atoms with Crippen molar-refractivity contribution in [3.63, 3.8) is 0 Å². The van der Waals surface area contributed by atoms with Gasteiger partial charge in [0.25, 0.3) is 0 Å². The Kier molecular flexibility index (Phi) is 5.84. The van der Waals surface area contributed by atoms with E-state index in [9.17, 15) is 15.3 Å². The van der Waals surface area contributed by atoms with Gasteiger partial charge in [0.2, 0.25) is 5.12 Å². The van der Waals surface area contributed by atoms with Crippen LogP contribution < -0.4 is 5.32 Å². The molecule has 1 aromatic rings. The second kappa shape index (κ2) is 7.10. The van der Waals surface area contributed by atoms with Crippen LogP contribution in [0.1, 0.15) is 64.7 Å². The van der Waals surface area contributed by atoms with E-state index in [2.05, 4.69) is 52.9 Å². The number of hydrogen-bond donors (Lipinski definition) is 4. The Morgan fingerprint density at radius 2 is 1.76 bits per heavy atom. The van der Waals surface area contributed by atoms with Crippen LogP contribution in [0.2, 0.25) is 0 Å². The summed E-state index contributed by atoms with van der Waals surface area (Å²) in [5.41, 5.74) is 3.03. The van der Waals surface area contributed by atoms with Gasteiger partial charge in [-0.25, -0.2) is 0 Å². The van der Waals surface area contributed by atoms with E-state index in [4.69, 9.17) is 0 Å². The van der Waals surface area contributed by atoms with Gasteiger partial charge in [-0.2, -0.15) is 0 Å². The monoisotopic (exact) mass is 367 g/mol. The van der Waals surface area contributed by atoms with E-state index in [-0.39, 0.29) is 16.7 Å². The maximum Gasteiger partial charge on any atom is 0.217 e. The Hall–Kier alpha value is -0.750. The van der Waals surface area contributed by atoms with Crippen molar-refractivity contribution in [2.24, 2.45) is 5.92 Å². The summed E-state index contributed by atoms with van der Waals surface area (Å²) in [7, 11) is 0. The predicted molar refractivity (Wildman–Crippen MR) is 105 cm³/mol. The lowest BCUT2D eigenvalue weighted by Crippen LogP contribution is -2.37. The maximum absolute atomic E-state index is 10.7. The van der Waals surface area contributed by atoms with Crippen molar-refractivity contribution < 1.29 is 15.3 Å². The molecule has 0 radical (unpaired) electrons. The first-order chi connectivity index (χ1) is 11.3. The van der Waals surface area contributed by atoms with E-state index in [1.165, 1.54) is 11.8 Å². The first-order valence-corrected chi connectivity index (χ1v) is 9.97. The molecular weight excluding hydrogens is 334 g/mol. The van der Waals surface area contributed by atoms with Gasteiger partial charge in [0.05, 0.1) is 0 Å². The van der Waals surface area contributed by atoms with Crippen molar-refractivity contribution in [3.05, 3.63) is 28.8 Å². The Balaban J connectivity index is 2.22. The highest BCUT2D eigenvalue weighted by molar-refractivity contribution is 8.00. The Morgan fingerprint density at radius 3 is 2.24 bits per heavy atom. The summed E-state index contributed by atoms with van der Waals surface area (Å²) in [6.45, 7) is 13.9. The van der Waals surface area contributed by atoms with E-state index < -0.39 is 5.12 Å². The van der Waals surface area contributed by atoms with Crippen molar-refractivity contribution in [2.75, 3.05) is 12.3 Å². The SMILES string of the molecule is CC(C)(C)c1cc(O)c(CNCC2CCSC2(O)O)c(C(C)(C)C)c1. The molecule has 4 nitrogen and oxygen atoms in total. The molecule has 142 valence electrons. The first-order valence-electron chi connectivity index (χ1n) is 8.98. The molecule has 2 rings (SSSR count). The molecule has 1 atom stereocenters. The van der Waals surface area contributed by atoms with Crippen LogP contribution in [0.4, 0.5) is 0 Å². The van der Waals surface area contributed by atoms with E-state index in [0.717, 1.165) is 28.9 Å². The molecule has 5 heteroatoms. The fourth-order valence-electron chi connectivity index (χ4n) is 3.21. The molecule has 0 bridgehead atoms. The van der Waals surface area contributed by atoms with Gasteiger partial charge in [0, 0.05) is 24.6 Å². The Bertz CT molecular complexity index is 615. The van der Waals surface area contributed by atoms with Crippen molar-refractivity contribution in [3.8, 4) is 5.75 Å². The molecule has 0 amide bonds. The zero-order valence-electron chi connectivity index (χ0n) is 16.3. The zero-order valence-corrected chi connectivity index (χ0v) is 17.1.